The van der Waals surface area contributed by atoms with Crippen LogP contribution in [0, 0.1) is 5.92 Å². The molecule has 8 heteroatoms. The highest BCUT2D eigenvalue weighted by atomic mass is 16.5. The Morgan fingerprint density at radius 3 is 2.34 bits per heavy atom. The average molecular weight is 475 g/mol. The number of hydrogen-bond acceptors (Lipinski definition) is 5. The van der Waals surface area contributed by atoms with Crippen LogP contribution in [0.4, 0.5) is 10.5 Å². The third kappa shape index (κ3) is 4.64. The number of carboxylic acids is 1. The maximum absolute atomic E-state index is 12.8. The summed E-state index contributed by atoms with van der Waals surface area (Å²) in [6.07, 6.45) is 3.03. The van der Waals surface area contributed by atoms with E-state index in [1.807, 2.05) is 36.4 Å². The summed E-state index contributed by atoms with van der Waals surface area (Å²) in [5.41, 5.74) is 4.69. The van der Waals surface area contributed by atoms with Gasteiger partial charge in [0.1, 0.15) is 6.61 Å². The number of furan rings is 1. The van der Waals surface area contributed by atoms with Crippen LogP contribution in [0.15, 0.2) is 65.3 Å². The standard InChI is InChI=1S/C27H26N2O6/c30-25(28-17-7-5-6-16(14-17)26(31)32)24-23(12-13-34-24)29-27(33)35-15-22-20-10-3-1-8-18(20)19-9-2-4-11-21(19)22/h1-4,8-13,16-17,22H,5-7,14-15H2,(H,28,30)(H,29,33)(H,31,32)/t16-,17+/m0/s1. The predicted molar refractivity (Wildman–Crippen MR) is 128 cm³/mol. The van der Waals surface area contributed by atoms with E-state index < -0.39 is 23.9 Å². The quantitative estimate of drug-likeness (QED) is 0.462. The normalized spacial score (nSPS) is 18.9. The van der Waals surface area contributed by atoms with Crippen molar-refractivity contribution in [2.45, 2.75) is 37.6 Å². The van der Waals surface area contributed by atoms with E-state index in [4.69, 9.17) is 9.15 Å². The number of fused-ring (bicyclic) bond motifs is 3. The number of anilines is 1. The van der Waals surface area contributed by atoms with Crippen LogP contribution in [-0.2, 0) is 9.53 Å². The number of carbonyl (C=O) groups excluding carboxylic acids is 2. The minimum atomic E-state index is -0.848. The summed E-state index contributed by atoms with van der Waals surface area (Å²) in [7, 11) is 0. The van der Waals surface area contributed by atoms with Crippen molar-refractivity contribution < 1.29 is 28.6 Å². The molecular weight excluding hydrogens is 448 g/mol. The highest BCUT2D eigenvalue weighted by Gasteiger charge is 2.31. The van der Waals surface area contributed by atoms with Crippen LogP contribution in [0.25, 0.3) is 11.1 Å². The molecule has 2 aromatic carbocycles. The monoisotopic (exact) mass is 474 g/mol. The van der Waals surface area contributed by atoms with Gasteiger partial charge >= 0.3 is 12.1 Å². The van der Waals surface area contributed by atoms with Gasteiger partial charge in [-0.25, -0.2) is 4.79 Å². The van der Waals surface area contributed by atoms with Gasteiger partial charge in [-0.05, 0) is 41.5 Å². The van der Waals surface area contributed by atoms with Crippen molar-refractivity contribution in [3.8, 4) is 11.1 Å². The molecular formula is C27H26N2O6. The molecule has 0 aliphatic heterocycles. The van der Waals surface area contributed by atoms with Gasteiger partial charge in [0.15, 0.2) is 0 Å². The van der Waals surface area contributed by atoms with Gasteiger partial charge in [0, 0.05) is 18.0 Å². The van der Waals surface area contributed by atoms with E-state index in [-0.39, 0.29) is 30.0 Å². The molecule has 0 saturated heterocycles. The van der Waals surface area contributed by atoms with Crippen molar-refractivity contribution in [1.82, 2.24) is 5.32 Å². The molecule has 2 aliphatic rings. The van der Waals surface area contributed by atoms with Gasteiger partial charge in [0.05, 0.1) is 17.9 Å². The van der Waals surface area contributed by atoms with Gasteiger partial charge in [-0.3, -0.25) is 14.9 Å². The summed E-state index contributed by atoms with van der Waals surface area (Å²) in [5, 5.41) is 14.7. The molecule has 180 valence electrons. The molecule has 1 heterocycles. The molecule has 2 atom stereocenters. The lowest BCUT2D eigenvalue weighted by Crippen LogP contribution is -2.40. The number of nitrogens with one attached hydrogen (secondary N) is 2. The Balaban J connectivity index is 1.21. The summed E-state index contributed by atoms with van der Waals surface area (Å²) < 4.78 is 10.9. The van der Waals surface area contributed by atoms with Gasteiger partial charge < -0.3 is 19.6 Å². The Bertz CT molecular complexity index is 1220. The number of carbonyl (C=O) groups is 3. The summed E-state index contributed by atoms with van der Waals surface area (Å²) in [5.74, 6) is -1.94. The van der Waals surface area contributed by atoms with Crippen molar-refractivity contribution >= 4 is 23.7 Å². The van der Waals surface area contributed by atoms with Crippen molar-refractivity contribution in [2.24, 2.45) is 5.92 Å². The Labute approximate surface area is 202 Å². The SMILES string of the molecule is O=C(Nc1ccoc1C(=O)N[C@@H]1CCC[C@H](C(=O)O)C1)OCC1c2ccccc2-c2ccccc21. The molecule has 2 amide bonds. The molecule has 35 heavy (non-hydrogen) atoms. The first kappa shape index (κ1) is 22.7. The Morgan fingerprint density at radius 1 is 0.971 bits per heavy atom. The van der Waals surface area contributed by atoms with Crippen LogP contribution in [-0.4, -0.2) is 35.7 Å². The van der Waals surface area contributed by atoms with Crippen molar-refractivity contribution in [1.29, 1.82) is 0 Å². The van der Waals surface area contributed by atoms with Gasteiger partial charge in [0.2, 0.25) is 5.76 Å². The topological polar surface area (TPSA) is 118 Å². The molecule has 1 saturated carbocycles. The van der Waals surface area contributed by atoms with Crippen LogP contribution < -0.4 is 10.6 Å². The van der Waals surface area contributed by atoms with Crippen LogP contribution in [0.5, 0.6) is 0 Å². The fraction of sp³-hybridized carbons (Fsp3) is 0.296. The smallest absolute Gasteiger partial charge is 0.411 e. The van der Waals surface area contributed by atoms with E-state index in [1.54, 1.807) is 0 Å². The molecule has 0 bridgehead atoms. The number of benzene rings is 2. The number of amides is 2. The lowest BCUT2D eigenvalue weighted by Gasteiger charge is -2.27. The zero-order valence-corrected chi connectivity index (χ0v) is 19.0. The average Bonchev–Trinajstić information content (AvgIpc) is 3.45. The van der Waals surface area contributed by atoms with Crippen LogP contribution >= 0.6 is 0 Å². The maximum Gasteiger partial charge on any atom is 0.411 e. The first-order chi connectivity index (χ1) is 17.0. The van der Waals surface area contributed by atoms with Crippen LogP contribution in [0.1, 0.15) is 53.3 Å². The predicted octanol–water partition coefficient (Wildman–Crippen LogP) is 5.01. The molecule has 8 nitrogen and oxygen atoms in total. The van der Waals surface area contributed by atoms with E-state index in [0.717, 1.165) is 28.7 Å². The lowest BCUT2D eigenvalue weighted by atomic mass is 9.86. The number of aliphatic carboxylic acids is 1. The third-order valence-electron chi connectivity index (χ3n) is 6.81. The fourth-order valence-corrected chi connectivity index (χ4v) is 5.12. The zero-order valence-electron chi connectivity index (χ0n) is 19.0. The summed E-state index contributed by atoms with van der Waals surface area (Å²) in [6, 6.07) is 17.4. The van der Waals surface area contributed by atoms with Gasteiger partial charge in [-0.2, -0.15) is 0 Å². The second-order valence-corrected chi connectivity index (χ2v) is 8.99. The number of ether oxygens (including phenoxy) is 1. The first-order valence-electron chi connectivity index (χ1n) is 11.7. The minimum Gasteiger partial charge on any atom is -0.481 e. The fourth-order valence-electron chi connectivity index (χ4n) is 5.12. The maximum atomic E-state index is 12.8. The third-order valence-corrected chi connectivity index (χ3v) is 6.81. The molecule has 2 aliphatic carbocycles. The Morgan fingerprint density at radius 2 is 1.66 bits per heavy atom. The second kappa shape index (κ2) is 9.66. The zero-order chi connectivity index (χ0) is 24.4. The number of rotatable bonds is 6. The highest BCUT2D eigenvalue weighted by molar-refractivity contribution is 6.00. The van der Waals surface area contributed by atoms with Crippen LogP contribution in [0.2, 0.25) is 0 Å². The van der Waals surface area contributed by atoms with Crippen molar-refractivity contribution in [3.05, 3.63) is 77.7 Å². The molecule has 1 aromatic heterocycles. The molecule has 3 N–H and O–H groups in total. The van der Waals surface area contributed by atoms with E-state index in [1.165, 1.54) is 12.3 Å². The van der Waals surface area contributed by atoms with E-state index >= 15 is 0 Å². The van der Waals surface area contributed by atoms with Crippen molar-refractivity contribution in [3.63, 3.8) is 0 Å². The summed E-state index contributed by atoms with van der Waals surface area (Å²) >= 11 is 0. The minimum absolute atomic E-state index is 0.0454. The molecule has 0 unspecified atom stereocenters. The largest absolute Gasteiger partial charge is 0.481 e. The van der Waals surface area contributed by atoms with E-state index in [2.05, 4.69) is 22.8 Å². The molecule has 5 rings (SSSR count). The molecule has 0 radical (unpaired) electrons. The number of carboxylic acid groups (broad SMARTS) is 1. The molecule has 1 fully saturated rings. The summed E-state index contributed by atoms with van der Waals surface area (Å²) in [4.78, 5) is 36.6. The highest BCUT2D eigenvalue weighted by Crippen LogP contribution is 2.44. The van der Waals surface area contributed by atoms with Gasteiger partial charge in [-0.15, -0.1) is 0 Å². The second-order valence-electron chi connectivity index (χ2n) is 8.99. The molecule has 3 aromatic rings. The van der Waals surface area contributed by atoms with Gasteiger partial charge in [-0.1, -0.05) is 55.0 Å². The van der Waals surface area contributed by atoms with E-state index in [9.17, 15) is 19.5 Å². The Kier molecular flexibility index (Phi) is 6.27. The van der Waals surface area contributed by atoms with Crippen LogP contribution in [0.3, 0.4) is 0 Å². The lowest BCUT2D eigenvalue weighted by molar-refractivity contribution is -0.143. The summed E-state index contributed by atoms with van der Waals surface area (Å²) in [6.45, 7) is 0.151. The Hall–Kier alpha value is -4.07. The van der Waals surface area contributed by atoms with Gasteiger partial charge in [0.25, 0.3) is 5.91 Å². The first-order valence-corrected chi connectivity index (χ1v) is 11.7. The van der Waals surface area contributed by atoms with E-state index in [0.29, 0.717) is 19.3 Å². The molecule has 0 spiro atoms. The van der Waals surface area contributed by atoms with Crippen molar-refractivity contribution in [2.75, 3.05) is 11.9 Å². The number of hydrogen-bond donors (Lipinski definition) is 3.